The van der Waals surface area contributed by atoms with E-state index in [1.807, 2.05) is 6.08 Å². The maximum absolute atomic E-state index is 13.0. The molecule has 0 saturated carbocycles. The van der Waals surface area contributed by atoms with Crippen molar-refractivity contribution in [2.45, 2.75) is 255 Å². The molecule has 2 heterocycles. The van der Waals surface area contributed by atoms with Crippen LogP contribution in [0.2, 0.25) is 0 Å². The summed E-state index contributed by atoms with van der Waals surface area (Å²) in [5, 5.41) is 72.0. The number of hydrogen-bond acceptors (Lipinski definition) is 15. The monoisotopic (exact) mass is 931 g/mol. The van der Waals surface area contributed by atoms with Gasteiger partial charge in [0.25, 0.3) is 0 Å². The number of aliphatic hydroxyl groups excluding tert-OH is 7. The van der Waals surface area contributed by atoms with Gasteiger partial charge in [-0.1, -0.05) is 180 Å². The Balaban J connectivity index is 1.85. The molecule has 2 rings (SSSR count). The highest BCUT2D eigenvalue weighted by Crippen LogP contribution is 2.26. The van der Waals surface area contributed by atoms with E-state index in [4.69, 9.17) is 28.4 Å². The van der Waals surface area contributed by atoms with Gasteiger partial charge in [-0.05, 0) is 19.3 Å². The maximum Gasteiger partial charge on any atom is 0.330 e. The Morgan fingerprint density at radius 2 is 0.969 bits per heavy atom. The maximum atomic E-state index is 13.0. The van der Waals surface area contributed by atoms with Crippen molar-refractivity contribution in [1.82, 2.24) is 0 Å². The van der Waals surface area contributed by atoms with E-state index in [1.165, 1.54) is 134 Å². The molecule has 4 unspecified atom stereocenters. The summed E-state index contributed by atoms with van der Waals surface area (Å²) in [5.74, 6) is -1.17. The van der Waals surface area contributed by atoms with E-state index in [-0.39, 0.29) is 13.0 Å². The van der Waals surface area contributed by atoms with Crippen molar-refractivity contribution in [2.24, 2.45) is 0 Å². The zero-order chi connectivity index (χ0) is 47.5. The quantitative estimate of drug-likeness (QED) is 0.0146. The van der Waals surface area contributed by atoms with Crippen LogP contribution < -0.4 is 0 Å². The van der Waals surface area contributed by atoms with Crippen molar-refractivity contribution in [3.8, 4) is 0 Å². The lowest BCUT2D eigenvalue weighted by Gasteiger charge is -2.42. The Labute approximate surface area is 390 Å². The third-order valence-electron chi connectivity index (χ3n) is 12.3. The third-order valence-corrected chi connectivity index (χ3v) is 12.3. The minimum atomic E-state index is -1.77. The number of aliphatic hydroxyl groups is 7. The van der Waals surface area contributed by atoms with E-state index in [0.717, 1.165) is 32.1 Å². The lowest BCUT2D eigenvalue weighted by Crippen LogP contribution is -2.61. The largest absolute Gasteiger partial charge is 0.458 e. The second-order valence-corrected chi connectivity index (χ2v) is 18.1. The molecule has 0 aromatic rings. The number of unbranched alkanes of at least 4 members (excludes halogenated alkanes) is 24. The van der Waals surface area contributed by atoms with Crippen LogP contribution in [0.15, 0.2) is 24.3 Å². The molecule has 0 aromatic heterocycles. The lowest BCUT2D eigenvalue weighted by atomic mass is 9.98. The smallest absolute Gasteiger partial charge is 0.330 e. The van der Waals surface area contributed by atoms with Crippen molar-refractivity contribution in [3.63, 3.8) is 0 Å². The summed E-state index contributed by atoms with van der Waals surface area (Å²) in [6.07, 6.45) is 21.2. The lowest BCUT2D eigenvalue weighted by molar-refractivity contribution is -0.332. The highest BCUT2D eigenvalue weighted by Gasteiger charge is 2.47. The second kappa shape index (κ2) is 37.9. The third kappa shape index (κ3) is 26.4. The molecule has 2 aliphatic heterocycles. The molecule has 7 N–H and O–H groups in total. The van der Waals surface area contributed by atoms with Crippen molar-refractivity contribution < 1.29 is 73.8 Å². The van der Waals surface area contributed by atoms with Gasteiger partial charge in [-0.25, -0.2) is 4.79 Å². The second-order valence-electron chi connectivity index (χ2n) is 18.1. The highest BCUT2D eigenvalue weighted by atomic mass is 16.7. The molecular weight excluding hydrogens is 841 g/mol. The Hall–Kier alpha value is -2.02. The molecule has 2 saturated heterocycles. The molecule has 0 spiro atoms. The molecule has 380 valence electrons. The van der Waals surface area contributed by atoms with Gasteiger partial charge in [0.05, 0.1) is 19.8 Å². The summed E-state index contributed by atoms with van der Waals surface area (Å²) >= 11 is 0. The summed E-state index contributed by atoms with van der Waals surface area (Å²) < 4.78 is 33.4. The zero-order valence-electron chi connectivity index (χ0n) is 40.0. The van der Waals surface area contributed by atoms with Crippen LogP contribution in [0.5, 0.6) is 0 Å². The zero-order valence-corrected chi connectivity index (χ0v) is 40.0. The number of carbonyl (C=O) groups is 2. The van der Waals surface area contributed by atoms with Crippen LogP contribution in [-0.4, -0.2) is 142 Å². The first-order valence-electron chi connectivity index (χ1n) is 25.5. The van der Waals surface area contributed by atoms with Crippen LogP contribution in [0.3, 0.4) is 0 Å². The Bertz CT molecular complexity index is 1230. The molecule has 0 aromatic carbocycles. The van der Waals surface area contributed by atoms with Crippen LogP contribution >= 0.6 is 0 Å². The molecule has 0 aliphatic carbocycles. The summed E-state index contributed by atoms with van der Waals surface area (Å²) in [5.41, 5.74) is 0. The Kier molecular flexibility index (Phi) is 34.5. The first-order chi connectivity index (χ1) is 31.5. The van der Waals surface area contributed by atoms with E-state index < -0.39 is 99.3 Å². The molecule has 15 nitrogen and oxygen atoms in total. The topological polar surface area (TPSA) is 231 Å². The van der Waals surface area contributed by atoms with Crippen LogP contribution in [0.25, 0.3) is 0 Å². The fourth-order valence-corrected chi connectivity index (χ4v) is 8.07. The van der Waals surface area contributed by atoms with E-state index >= 15 is 0 Å². The van der Waals surface area contributed by atoms with Gasteiger partial charge in [0.15, 0.2) is 18.7 Å². The van der Waals surface area contributed by atoms with E-state index in [9.17, 15) is 45.3 Å². The summed E-state index contributed by atoms with van der Waals surface area (Å²) in [6.45, 7) is 2.48. The molecular formula is C50H90O15. The van der Waals surface area contributed by atoms with Gasteiger partial charge in [0.1, 0.15) is 55.4 Å². The predicted octanol–water partition coefficient (Wildman–Crippen LogP) is 6.77. The van der Waals surface area contributed by atoms with Crippen LogP contribution in [0.4, 0.5) is 0 Å². The molecule has 2 fully saturated rings. The van der Waals surface area contributed by atoms with Crippen LogP contribution in [0, 0.1) is 0 Å². The fourth-order valence-electron chi connectivity index (χ4n) is 8.07. The first-order valence-corrected chi connectivity index (χ1v) is 25.5. The number of carbonyl (C=O) groups excluding carboxylic acids is 2. The average molecular weight is 931 g/mol. The SMILES string of the molecule is CCCCCCCCCCCCC/C=C/C=C/C(=O)OC[C@H](CO[C@@H]1O[C@H](CO[C@@H]2O[C@H](CO)[C@H](O)C(O)C2O)[C@H](O)C(O)C1O)OC(=O)CCCCCCCCCCCCCCCC. The predicted molar refractivity (Wildman–Crippen MR) is 247 cm³/mol. The number of allylic oxidation sites excluding steroid dienone is 3. The van der Waals surface area contributed by atoms with Crippen LogP contribution in [-0.2, 0) is 38.0 Å². The van der Waals surface area contributed by atoms with Crippen LogP contribution in [0.1, 0.15) is 187 Å². The van der Waals surface area contributed by atoms with Gasteiger partial charge in [-0.2, -0.15) is 0 Å². The van der Waals surface area contributed by atoms with Gasteiger partial charge >= 0.3 is 11.9 Å². The Morgan fingerprint density at radius 1 is 0.523 bits per heavy atom. The summed E-state index contributed by atoms with van der Waals surface area (Å²) in [6, 6.07) is 0. The standard InChI is InChI=1S/C50H90O15/c1-3-5-7-9-11-13-15-17-19-21-22-24-26-28-30-32-41(52)60-35-38(63-42(53)33-31-29-27-25-23-20-18-16-14-12-10-8-6-4-2)36-61-49-48(59)46(57)44(55)40(65-49)37-62-50-47(58)45(56)43(54)39(34-51)64-50/h26,28,30,32,38-40,43-51,54-59H,3-25,27,29,31,33-37H2,1-2H3/b28-26+,32-30+/t38-,39-,40-,43+,44+,45?,46?,47?,48?,49-,50-/m1/s1. The average Bonchev–Trinajstić information content (AvgIpc) is 3.30. The Morgan fingerprint density at radius 3 is 1.48 bits per heavy atom. The number of esters is 2. The number of ether oxygens (including phenoxy) is 6. The molecule has 15 heteroatoms. The van der Waals surface area contributed by atoms with E-state index in [0.29, 0.717) is 6.42 Å². The van der Waals surface area contributed by atoms with E-state index in [1.54, 1.807) is 12.2 Å². The number of rotatable bonds is 39. The molecule has 11 atom stereocenters. The summed E-state index contributed by atoms with van der Waals surface area (Å²) in [4.78, 5) is 25.6. The molecule has 0 bridgehead atoms. The molecule has 2 aliphatic rings. The molecule has 0 amide bonds. The van der Waals surface area contributed by atoms with Gasteiger partial charge < -0.3 is 64.2 Å². The first kappa shape index (κ1) is 59.1. The van der Waals surface area contributed by atoms with E-state index in [2.05, 4.69) is 13.8 Å². The van der Waals surface area contributed by atoms with Gasteiger partial charge in [0.2, 0.25) is 0 Å². The summed E-state index contributed by atoms with van der Waals surface area (Å²) in [7, 11) is 0. The normalized spacial score (nSPS) is 26.5. The number of hydrogen-bond donors (Lipinski definition) is 7. The molecule has 65 heavy (non-hydrogen) atoms. The fraction of sp³-hybridized carbons (Fsp3) is 0.880. The van der Waals surface area contributed by atoms with Crippen molar-refractivity contribution in [1.29, 1.82) is 0 Å². The highest BCUT2D eigenvalue weighted by molar-refractivity contribution is 5.82. The molecule has 0 radical (unpaired) electrons. The van der Waals surface area contributed by atoms with Gasteiger partial charge in [-0.15, -0.1) is 0 Å². The minimum Gasteiger partial charge on any atom is -0.458 e. The van der Waals surface area contributed by atoms with Crippen molar-refractivity contribution in [2.75, 3.05) is 26.4 Å². The van der Waals surface area contributed by atoms with Gasteiger partial charge in [0, 0.05) is 12.5 Å². The van der Waals surface area contributed by atoms with Crippen molar-refractivity contribution >= 4 is 11.9 Å². The van der Waals surface area contributed by atoms with Gasteiger partial charge in [-0.3, -0.25) is 4.79 Å². The minimum absolute atomic E-state index is 0.150. The van der Waals surface area contributed by atoms with Crippen molar-refractivity contribution in [3.05, 3.63) is 24.3 Å².